The molecule has 1 saturated heterocycles. The Balaban J connectivity index is 1.34. The van der Waals surface area contributed by atoms with Crippen LogP contribution in [0.15, 0.2) is 30.6 Å². The van der Waals surface area contributed by atoms with E-state index < -0.39 is 0 Å². The Kier molecular flexibility index (Phi) is 4.84. The monoisotopic (exact) mass is 475 g/mol. The summed E-state index contributed by atoms with van der Waals surface area (Å²) in [6.45, 7) is 4.73. The third-order valence-corrected chi connectivity index (χ3v) is 7.63. The van der Waals surface area contributed by atoms with Gasteiger partial charge >= 0.3 is 0 Å². The van der Waals surface area contributed by atoms with Crippen molar-refractivity contribution < 1.29 is 9.59 Å². The second-order valence-electron chi connectivity index (χ2n) is 8.02. The molecule has 0 radical (unpaired) electrons. The van der Waals surface area contributed by atoms with Gasteiger partial charge in [-0.1, -0.05) is 29.3 Å². The standard InChI is InChI=1S/C21H19Cl2N5O2S/c1-11-17(31-12(2)25-11)19(29)26-15-8-21(28-7-6-24-18(15)28)9-27(10-21)20(30)16-13(22)4-3-5-14(16)23/h3-7,15H,8-10H2,1-2H3,(H,26,29). The van der Waals surface area contributed by atoms with Gasteiger partial charge in [0.15, 0.2) is 0 Å². The number of imidazole rings is 1. The van der Waals surface area contributed by atoms with E-state index in [0.717, 1.165) is 16.5 Å². The van der Waals surface area contributed by atoms with Crippen LogP contribution in [0.5, 0.6) is 0 Å². The molecular weight excluding hydrogens is 457 g/mol. The number of fused-ring (bicyclic) bond motifs is 2. The SMILES string of the molecule is Cc1nc(C)c(C(=O)NC2CC3(CN(C(=O)c4c(Cl)cccc4Cl)C3)n3ccnc32)s1. The van der Waals surface area contributed by atoms with Gasteiger partial charge < -0.3 is 14.8 Å². The smallest absolute Gasteiger partial charge is 0.263 e. The molecule has 7 nitrogen and oxygen atoms in total. The van der Waals surface area contributed by atoms with Gasteiger partial charge in [-0.3, -0.25) is 9.59 Å². The van der Waals surface area contributed by atoms with Crippen molar-refractivity contribution in [2.75, 3.05) is 13.1 Å². The van der Waals surface area contributed by atoms with Gasteiger partial charge in [-0.2, -0.15) is 0 Å². The second kappa shape index (κ2) is 7.32. The van der Waals surface area contributed by atoms with Crippen LogP contribution in [0.3, 0.4) is 0 Å². The molecule has 1 aromatic carbocycles. The van der Waals surface area contributed by atoms with Crippen molar-refractivity contribution in [2.24, 2.45) is 0 Å². The predicted molar refractivity (Wildman–Crippen MR) is 119 cm³/mol. The Bertz CT molecular complexity index is 1190. The lowest BCUT2D eigenvalue weighted by Crippen LogP contribution is -2.63. The van der Waals surface area contributed by atoms with Crippen LogP contribution in [0.25, 0.3) is 0 Å². The summed E-state index contributed by atoms with van der Waals surface area (Å²) in [6, 6.07) is 4.81. The first-order valence-corrected chi connectivity index (χ1v) is 11.4. The van der Waals surface area contributed by atoms with Crippen LogP contribution in [-0.4, -0.2) is 44.3 Å². The summed E-state index contributed by atoms with van der Waals surface area (Å²) in [4.78, 5) is 37.0. The molecule has 2 aliphatic rings. The molecular formula is C21H19Cl2N5O2S. The molecule has 4 heterocycles. The number of rotatable bonds is 3. The topological polar surface area (TPSA) is 80.1 Å². The third-order valence-electron chi connectivity index (χ3n) is 5.93. The minimum atomic E-state index is -0.300. The Morgan fingerprint density at radius 1 is 1.23 bits per heavy atom. The van der Waals surface area contributed by atoms with Crippen LogP contribution in [-0.2, 0) is 5.54 Å². The normalized spacial score (nSPS) is 18.7. The summed E-state index contributed by atoms with van der Waals surface area (Å²) in [5, 5.41) is 4.65. The fourth-order valence-corrected chi connectivity index (χ4v) is 5.96. The molecule has 1 atom stereocenters. The molecule has 1 spiro atoms. The van der Waals surface area contributed by atoms with E-state index in [0.29, 0.717) is 40.0 Å². The van der Waals surface area contributed by atoms with Gasteiger partial charge in [0.2, 0.25) is 0 Å². The van der Waals surface area contributed by atoms with Gasteiger partial charge in [0.1, 0.15) is 10.7 Å². The van der Waals surface area contributed by atoms with Gasteiger partial charge in [-0.05, 0) is 26.0 Å². The number of carbonyl (C=O) groups is 2. The number of benzene rings is 1. The van der Waals surface area contributed by atoms with E-state index >= 15 is 0 Å². The van der Waals surface area contributed by atoms with Crippen LogP contribution < -0.4 is 5.32 Å². The van der Waals surface area contributed by atoms with E-state index in [1.165, 1.54) is 11.3 Å². The highest BCUT2D eigenvalue weighted by atomic mass is 35.5. The molecule has 31 heavy (non-hydrogen) atoms. The summed E-state index contributed by atoms with van der Waals surface area (Å²) >= 11 is 13.8. The maximum absolute atomic E-state index is 13.0. The van der Waals surface area contributed by atoms with Gasteiger partial charge in [-0.15, -0.1) is 11.3 Å². The zero-order chi connectivity index (χ0) is 21.9. The van der Waals surface area contributed by atoms with Crippen molar-refractivity contribution in [3.8, 4) is 0 Å². The first-order valence-electron chi connectivity index (χ1n) is 9.81. The number of thiazole rings is 1. The molecule has 160 valence electrons. The number of carbonyl (C=O) groups excluding carboxylic acids is 2. The van der Waals surface area contributed by atoms with Gasteiger partial charge in [-0.25, -0.2) is 9.97 Å². The highest BCUT2D eigenvalue weighted by Gasteiger charge is 2.54. The van der Waals surface area contributed by atoms with Crippen LogP contribution in [0.4, 0.5) is 0 Å². The van der Waals surface area contributed by atoms with E-state index in [4.69, 9.17) is 23.2 Å². The number of halogens is 2. The summed E-state index contributed by atoms with van der Waals surface area (Å²) in [7, 11) is 0. The first-order chi connectivity index (χ1) is 14.8. The van der Waals surface area contributed by atoms with E-state index in [-0.39, 0.29) is 23.4 Å². The number of likely N-dealkylation sites (tertiary alicyclic amines) is 1. The maximum atomic E-state index is 13.0. The van der Waals surface area contributed by atoms with E-state index in [1.54, 1.807) is 29.3 Å². The maximum Gasteiger partial charge on any atom is 0.263 e. The zero-order valence-corrected chi connectivity index (χ0v) is 19.2. The first kappa shape index (κ1) is 20.5. The van der Waals surface area contributed by atoms with Crippen molar-refractivity contribution in [3.05, 3.63) is 67.6 Å². The average Bonchev–Trinajstić information content (AvgIpc) is 3.35. The largest absolute Gasteiger partial charge is 0.341 e. The van der Waals surface area contributed by atoms with Crippen LogP contribution in [0.1, 0.15) is 49.0 Å². The Morgan fingerprint density at radius 3 is 2.58 bits per heavy atom. The number of nitrogens with zero attached hydrogens (tertiary/aromatic N) is 4. The van der Waals surface area contributed by atoms with E-state index in [2.05, 4.69) is 19.9 Å². The van der Waals surface area contributed by atoms with Gasteiger partial charge in [0.25, 0.3) is 11.8 Å². The van der Waals surface area contributed by atoms with Crippen molar-refractivity contribution in [1.82, 2.24) is 24.8 Å². The summed E-state index contributed by atoms with van der Waals surface area (Å²) in [6.07, 6.45) is 4.31. The van der Waals surface area contributed by atoms with Crippen LogP contribution in [0, 0.1) is 13.8 Å². The van der Waals surface area contributed by atoms with Crippen molar-refractivity contribution in [1.29, 1.82) is 0 Å². The van der Waals surface area contributed by atoms with Crippen molar-refractivity contribution in [2.45, 2.75) is 31.8 Å². The lowest BCUT2D eigenvalue weighted by molar-refractivity contribution is 0.0139. The molecule has 3 aromatic rings. The summed E-state index contributed by atoms with van der Waals surface area (Å²) in [5.74, 6) is 0.469. The number of nitrogens with one attached hydrogen (secondary N) is 1. The zero-order valence-electron chi connectivity index (χ0n) is 16.9. The van der Waals surface area contributed by atoms with Crippen molar-refractivity contribution in [3.63, 3.8) is 0 Å². The molecule has 0 bridgehead atoms. The minimum Gasteiger partial charge on any atom is -0.341 e. The highest BCUT2D eigenvalue weighted by molar-refractivity contribution is 7.13. The number of aromatic nitrogens is 3. The van der Waals surface area contributed by atoms with Gasteiger partial charge in [0.05, 0.1) is 37.9 Å². The average molecular weight is 476 g/mol. The van der Waals surface area contributed by atoms with Crippen LogP contribution in [0.2, 0.25) is 10.0 Å². The predicted octanol–water partition coefficient (Wildman–Crippen LogP) is 3.99. The molecule has 2 aromatic heterocycles. The van der Waals surface area contributed by atoms with Gasteiger partial charge in [0, 0.05) is 31.9 Å². The fraction of sp³-hybridized carbons (Fsp3) is 0.333. The lowest BCUT2D eigenvalue weighted by atomic mass is 9.85. The quantitative estimate of drug-likeness (QED) is 0.620. The Hall–Kier alpha value is -2.42. The second-order valence-corrected chi connectivity index (χ2v) is 10.0. The summed E-state index contributed by atoms with van der Waals surface area (Å²) < 4.78 is 2.08. The molecule has 1 unspecified atom stereocenters. The number of amides is 2. The fourth-order valence-electron chi connectivity index (χ4n) is 4.57. The van der Waals surface area contributed by atoms with Crippen molar-refractivity contribution >= 4 is 46.4 Å². The number of aryl methyl sites for hydroxylation is 2. The minimum absolute atomic E-state index is 0.144. The molecule has 5 rings (SSSR count). The molecule has 0 saturated carbocycles. The molecule has 2 aliphatic heterocycles. The van der Waals surface area contributed by atoms with Crippen LogP contribution >= 0.6 is 34.5 Å². The molecule has 10 heteroatoms. The number of hydrogen-bond donors (Lipinski definition) is 1. The van der Waals surface area contributed by atoms with E-state index in [9.17, 15) is 9.59 Å². The molecule has 2 amide bonds. The van der Waals surface area contributed by atoms with E-state index in [1.807, 2.05) is 20.0 Å². The molecule has 1 N–H and O–H groups in total. The highest BCUT2D eigenvalue weighted by Crippen LogP contribution is 2.45. The third kappa shape index (κ3) is 3.24. The summed E-state index contributed by atoms with van der Waals surface area (Å²) in [5.41, 5.74) is 0.754. The Labute approximate surface area is 193 Å². The Morgan fingerprint density at radius 2 is 1.94 bits per heavy atom. The lowest BCUT2D eigenvalue weighted by Gasteiger charge is -2.49. The number of hydrogen-bond acceptors (Lipinski definition) is 5. The molecule has 0 aliphatic carbocycles. The molecule has 1 fully saturated rings.